The van der Waals surface area contributed by atoms with E-state index < -0.39 is 0 Å². The second-order valence-electron chi connectivity index (χ2n) is 2.98. The van der Waals surface area contributed by atoms with Gasteiger partial charge in [-0.1, -0.05) is 0 Å². The Morgan fingerprint density at radius 2 is 2.38 bits per heavy atom. The van der Waals surface area contributed by atoms with E-state index in [2.05, 4.69) is 20.9 Å². The fourth-order valence-corrected chi connectivity index (χ4v) is 1.47. The number of ether oxygens (including phenoxy) is 2. The van der Waals surface area contributed by atoms with Crippen molar-refractivity contribution in [3.63, 3.8) is 0 Å². The SMILES string of the molecule is Brc1cncc(COC2COC2)c1. The number of nitrogens with zero attached hydrogens (tertiary/aromatic N) is 1. The first kappa shape index (κ1) is 9.12. The van der Waals surface area contributed by atoms with Gasteiger partial charge in [0, 0.05) is 16.9 Å². The van der Waals surface area contributed by atoms with Crippen LogP contribution in [0.4, 0.5) is 0 Å². The Labute approximate surface area is 85.2 Å². The molecule has 0 unspecified atom stereocenters. The Bertz CT molecular complexity index is 289. The highest BCUT2D eigenvalue weighted by atomic mass is 79.9. The zero-order valence-electron chi connectivity index (χ0n) is 7.07. The predicted molar refractivity (Wildman–Crippen MR) is 51.3 cm³/mol. The van der Waals surface area contributed by atoms with Gasteiger partial charge in [-0.15, -0.1) is 0 Å². The molecule has 0 N–H and O–H groups in total. The summed E-state index contributed by atoms with van der Waals surface area (Å²) in [5, 5.41) is 0. The van der Waals surface area contributed by atoms with E-state index in [9.17, 15) is 0 Å². The molecule has 0 aliphatic carbocycles. The standard InChI is InChI=1S/C9H10BrNO2/c10-8-1-7(2-11-3-8)4-13-9-5-12-6-9/h1-3,9H,4-6H2. The fourth-order valence-electron chi connectivity index (χ4n) is 1.06. The van der Waals surface area contributed by atoms with Gasteiger partial charge in [0.25, 0.3) is 0 Å². The van der Waals surface area contributed by atoms with Crippen LogP contribution in [-0.4, -0.2) is 24.3 Å². The molecule has 2 heterocycles. The van der Waals surface area contributed by atoms with Gasteiger partial charge in [0.05, 0.1) is 19.8 Å². The van der Waals surface area contributed by atoms with E-state index in [0.29, 0.717) is 6.61 Å². The van der Waals surface area contributed by atoms with Crippen molar-refractivity contribution in [2.45, 2.75) is 12.7 Å². The van der Waals surface area contributed by atoms with Gasteiger partial charge in [-0.3, -0.25) is 4.98 Å². The third-order valence-corrected chi connectivity index (χ3v) is 2.29. The lowest BCUT2D eigenvalue weighted by atomic mass is 10.3. The van der Waals surface area contributed by atoms with Gasteiger partial charge < -0.3 is 9.47 Å². The second kappa shape index (κ2) is 4.17. The minimum absolute atomic E-state index is 0.277. The monoisotopic (exact) mass is 243 g/mol. The van der Waals surface area contributed by atoms with Gasteiger partial charge in [-0.2, -0.15) is 0 Å². The molecule has 1 aliphatic rings. The van der Waals surface area contributed by atoms with E-state index in [-0.39, 0.29) is 6.10 Å². The van der Waals surface area contributed by atoms with Crippen molar-refractivity contribution in [3.8, 4) is 0 Å². The summed E-state index contributed by atoms with van der Waals surface area (Å²) in [6, 6.07) is 2.01. The topological polar surface area (TPSA) is 31.4 Å². The molecule has 1 saturated heterocycles. The van der Waals surface area contributed by atoms with Crippen LogP contribution in [0.25, 0.3) is 0 Å². The van der Waals surface area contributed by atoms with Crippen LogP contribution in [0.15, 0.2) is 22.9 Å². The van der Waals surface area contributed by atoms with Gasteiger partial charge in [0.1, 0.15) is 6.10 Å². The average Bonchev–Trinajstić information content (AvgIpc) is 2.01. The van der Waals surface area contributed by atoms with Crippen LogP contribution >= 0.6 is 15.9 Å². The molecule has 4 heteroatoms. The van der Waals surface area contributed by atoms with Crippen molar-refractivity contribution >= 4 is 15.9 Å². The zero-order valence-corrected chi connectivity index (χ0v) is 8.66. The lowest BCUT2D eigenvalue weighted by Gasteiger charge is -2.25. The maximum absolute atomic E-state index is 5.53. The number of rotatable bonds is 3. The molecule has 0 bridgehead atoms. The molecule has 0 radical (unpaired) electrons. The Balaban J connectivity index is 1.86. The maximum atomic E-state index is 5.53. The highest BCUT2D eigenvalue weighted by molar-refractivity contribution is 9.10. The maximum Gasteiger partial charge on any atom is 0.105 e. The summed E-state index contributed by atoms with van der Waals surface area (Å²) in [7, 11) is 0. The van der Waals surface area contributed by atoms with Crippen LogP contribution in [0.5, 0.6) is 0 Å². The molecule has 1 fully saturated rings. The number of halogens is 1. The quantitative estimate of drug-likeness (QED) is 0.811. The van der Waals surface area contributed by atoms with E-state index >= 15 is 0 Å². The Kier molecular flexibility index (Phi) is 2.93. The number of pyridine rings is 1. The minimum atomic E-state index is 0.277. The van der Waals surface area contributed by atoms with E-state index in [1.165, 1.54) is 0 Å². The lowest BCUT2D eigenvalue weighted by molar-refractivity contribution is -0.135. The van der Waals surface area contributed by atoms with E-state index in [4.69, 9.17) is 9.47 Å². The third-order valence-electron chi connectivity index (χ3n) is 1.85. The first-order valence-corrected chi connectivity index (χ1v) is 4.92. The molecule has 0 spiro atoms. The van der Waals surface area contributed by atoms with Crippen LogP contribution in [0.2, 0.25) is 0 Å². The van der Waals surface area contributed by atoms with Gasteiger partial charge in [-0.05, 0) is 27.6 Å². The van der Waals surface area contributed by atoms with Crippen LogP contribution in [-0.2, 0) is 16.1 Å². The summed E-state index contributed by atoms with van der Waals surface area (Å²) in [6.07, 6.45) is 3.85. The van der Waals surface area contributed by atoms with Gasteiger partial charge in [-0.25, -0.2) is 0 Å². The smallest absolute Gasteiger partial charge is 0.105 e. The summed E-state index contributed by atoms with van der Waals surface area (Å²) in [5.41, 5.74) is 1.08. The van der Waals surface area contributed by atoms with Gasteiger partial charge >= 0.3 is 0 Å². The Morgan fingerprint density at radius 1 is 1.54 bits per heavy atom. The van der Waals surface area contributed by atoms with Crippen molar-refractivity contribution in [2.24, 2.45) is 0 Å². The van der Waals surface area contributed by atoms with Crippen LogP contribution in [0.1, 0.15) is 5.56 Å². The molecule has 0 atom stereocenters. The molecule has 0 aromatic carbocycles. The molecular weight excluding hydrogens is 234 g/mol. The van der Waals surface area contributed by atoms with Crippen molar-refractivity contribution in [1.82, 2.24) is 4.98 Å². The number of aromatic nitrogens is 1. The summed E-state index contributed by atoms with van der Waals surface area (Å²) >= 11 is 3.36. The van der Waals surface area contributed by atoms with E-state index in [0.717, 1.165) is 23.2 Å². The van der Waals surface area contributed by atoms with Crippen molar-refractivity contribution in [2.75, 3.05) is 13.2 Å². The molecule has 0 amide bonds. The third kappa shape index (κ3) is 2.49. The summed E-state index contributed by atoms with van der Waals surface area (Å²) in [4.78, 5) is 4.05. The molecule has 70 valence electrons. The van der Waals surface area contributed by atoms with Gasteiger partial charge in [0.15, 0.2) is 0 Å². The molecule has 0 saturated carbocycles. The fraction of sp³-hybridized carbons (Fsp3) is 0.444. The highest BCUT2D eigenvalue weighted by Crippen LogP contribution is 2.13. The second-order valence-corrected chi connectivity index (χ2v) is 3.90. The number of hydrogen-bond donors (Lipinski definition) is 0. The van der Waals surface area contributed by atoms with Crippen LogP contribution in [0, 0.1) is 0 Å². The Hall–Kier alpha value is -0.450. The lowest BCUT2D eigenvalue weighted by Crippen LogP contribution is -2.35. The Morgan fingerprint density at radius 3 is 3.00 bits per heavy atom. The van der Waals surface area contributed by atoms with E-state index in [1.807, 2.05) is 12.3 Å². The van der Waals surface area contributed by atoms with Crippen LogP contribution in [0.3, 0.4) is 0 Å². The molecule has 13 heavy (non-hydrogen) atoms. The normalized spacial score (nSPS) is 17.0. The highest BCUT2D eigenvalue weighted by Gasteiger charge is 2.18. The first-order chi connectivity index (χ1) is 6.34. The minimum Gasteiger partial charge on any atom is -0.376 e. The molecule has 1 aliphatic heterocycles. The molecular formula is C9H10BrNO2. The van der Waals surface area contributed by atoms with Crippen molar-refractivity contribution in [3.05, 3.63) is 28.5 Å². The molecule has 1 aromatic rings. The van der Waals surface area contributed by atoms with E-state index in [1.54, 1.807) is 6.20 Å². The van der Waals surface area contributed by atoms with Gasteiger partial charge in [0.2, 0.25) is 0 Å². The average molecular weight is 244 g/mol. The predicted octanol–water partition coefficient (Wildman–Crippen LogP) is 1.76. The van der Waals surface area contributed by atoms with Crippen molar-refractivity contribution in [1.29, 1.82) is 0 Å². The largest absolute Gasteiger partial charge is 0.376 e. The molecule has 2 rings (SSSR count). The zero-order chi connectivity index (χ0) is 9.10. The molecule has 1 aromatic heterocycles. The van der Waals surface area contributed by atoms with Crippen molar-refractivity contribution < 1.29 is 9.47 Å². The number of hydrogen-bond acceptors (Lipinski definition) is 3. The summed E-state index contributed by atoms with van der Waals surface area (Å²) < 4.78 is 11.5. The summed E-state index contributed by atoms with van der Waals surface area (Å²) in [5.74, 6) is 0. The summed E-state index contributed by atoms with van der Waals surface area (Å²) in [6.45, 7) is 2.06. The molecule has 3 nitrogen and oxygen atoms in total. The first-order valence-electron chi connectivity index (χ1n) is 4.13. The van der Waals surface area contributed by atoms with Crippen LogP contribution < -0.4 is 0 Å².